The molecule has 0 spiro atoms. The number of amides is 1. The van der Waals surface area contributed by atoms with Gasteiger partial charge in [0.15, 0.2) is 5.78 Å². The van der Waals surface area contributed by atoms with Crippen LogP contribution in [0.2, 0.25) is 0 Å². The van der Waals surface area contributed by atoms with Gasteiger partial charge in [-0.05, 0) is 50.3 Å². The number of ketones is 1. The number of nitrogens with zero attached hydrogens (tertiary/aromatic N) is 4. The Bertz CT molecular complexity index is 984. The molecule has 0 radical (unpaired) electrons. The molecule has 1 atom stereocenters. The lowest BCUT2D eigenvalue weighted by molar-refractivity contribution is 0.0502. The Balaban J connectivity index is 1.92. The summed E-state index contributed by atoms with van der Waals surface area (Å²) < 4.78 is 11.1. The van der Waals surface area contributed by atoms with Crippen molar-refractivity contribution in [1.29, 1.82) is 0 Å². The van der Waals surface area contributed by atoms with Crippen LogP contribution in [0.25, 0.3) is 11.0 Å². The maximum Gasteiger partial charge on any atom is 0.431 e. The van der Waals surface area contributed by atoms with Gasteiger partial charge in [0.25, 0.3) is 0 Å². The maximum absolute atomic E-state index is 13.0. The molecular formula is C18H18N4O4. The predicted molar refractivity (Wildman–Crippen MR) is 92.4 cm³/mol. The Hall–Kier alpha value is -3.16. The molecule has 8 nitrogen and oxygen atoms in total. The Kier molecular flexibility index (Phi) is 3.57. The van der Waals surface area contributed by atoms with E-state index in [1.54, 1.807) is 51.1 Å². The van der Waals surface area contributed by atoms with Crippen LogP contribution in [-0.2, 0) is 4.74 Å². The molecule has 0 bridgehead atoms. The van der Waals surface area contributed by atoms with Crippen LogP contribution in [0.5, 0.6) is 0 Å². The molecule has 26 heavy (non-hydrogen) atoms. The topological polar surface area (TPSA) is 90.5 Å². The van der Waals surface area contributed by atoms with Gasteiger partial charge in [0.05, 0.1) is 6.26 Å². The van der Waals surface area contributed by atoms with Gasteiger partial charge in [0, 0.05) is 12.0 Å². The van der Waals surface area contributed by atoms with Gasteiger partial charge in [-0.25, -0.2) is 4.79 Å². The molecule has 1 aliphatic heterocycles. The fourth-order valence-corrected chi connectivity index (χ4v) is 3.05. The van der Waals surface area contributed by atoms with Gasteiger partial charge in [-0.2, -0.15) is 5.01 Å². The van der Waals surface area contributed by atoms with Crippen molar-refractivity contribution < 1.29 is 18.7 Å². The first-order chi connectivity index (χ1) is 12.3. The summed E-state index contributed by atoms with van der Waals surface area (Å²) in [5, 5.41) is 9.50. The fraction of sp³-hybridized carbons (Fsp3) is 0.333. The number of rotatable bonds is 1. The zero-order valence-electron chi connectivity index (χ0n) is 14.7. The number of Topliss-reactive ketones (excluding diaryl/α,β-unsaturated/α-hetero) is 1. The summed E-state index contributed by atoms with van der Waals surface area (Å²) in [7, 11) is 0. The highest BCUT2D eigenvalue weighted by atomic mass is 16.6. The van der Waals surface area contributed by atoms with Crippen molar-refractivity contribution in [3.05, 3.63) is 47.9 Å². The first kappa shape index (κ1) is 16.3. The average molecular weight is 354 g/mol. The SMILES string of the molecule is CC(C)(C)OC(=O)N1C(c2ccco2)CC(=O)c2cccc3nnn1c23. The molecule has 1 aromatic carbocycles. The molecular weight excluding hydrogens is 336 g/mol. The second-order valence-electron chi connectivity index (χ2n) is 7.14. The van der Waals surface area contributed by atoms with Crippen LogP contribution in [0, 0.1) is 0 Å². The van der Waals surface area contributed by atoms with Crippen molar-refractivity contribution in [2.45, 2.75) is 38.8 Å². The van der Waals surface area contributed by atoms with E-state index in [1.165, 1.54) is 16.1 Å². The van der Waals surface area contributed by atoms with Gasteiger partial charge in [0.1, 0.15) is 28.4 Å². The van der Waals surface area contributed by atoms with Gasteiger partial charge in [-0.1, -0.05) is 6.07 Å². The number of furan rings is 1. The normalized spacial score (nSPS) is 17.4. The summed E-state index contributed by atoms with van der Waals surface area (Å²) in [6, 6.07) is 7.95. The van der Waals surface area contributed by atoms with Gasteiger partial charge in [-0.3, -0.25) is 4.79 Å². The molecule has 0 N–H and O–H groups in total. The Labute approximate surface area is 149 Å². The Morgan fingerprint density at radius 1 is 1.27 bits per heavy atom. The molecule has 2 aromatic heterocycles. The minimum absolute atomic E-state index is 0.0508. The van der Waals surface area contributed by atoms with Crippen molar-refractivity contribution in [3.8, 4) is 0 Å². The van der Waals surface area contributed by atoms with E-state index in [1.807, 2.05) is 0 Å². The molecule has 8 heteroatoms. The van der Waals surface area contributed by atoms with Crippen LogP contribution in [0.4, 0.5) is 4.79 Å². The highest BCUT2D eigenvalue weighted by molar-refractivity contribution is 6.08. The molecule has 0 saturated carbocycles. The van der Waals surface area contributed by atoms with E-state index in [2.05, 4.69) is 10.3 Å². The average Bonchev–Trinajstić information content (AvgIpc) is 3.19. The molecule has 0 saturated heterocycles. The number of ether oxygens (including phenoxy) is 1. The van der Waals surface area contributed by atoms with Crippen molar-refractivity contribution in [1.82, 2.24) is 15.1 Å². The number of hydrogen-bond donors (Lipinski definition) is 0. The number of carbonyl (C=O) groups excluding carboxylic acids is 2. The van der Waals surface area contributed by atoms with Crippen LogP contribution in [0.3, 0.4) is 0 Å². The summed E-state index contributed by atoms with van der Waals surface area (Å²) >= 11 is 0. The van der Waals surface area contributed by atoms with Gasteiger partial charge in [0.2, 0.25) is 0 Å². The first-order valence-electron chi connectivity index (χ1n) is 8.29. The van der Waals surface area contributed by atoms with Gasteiger partial charge < -0.3 is 9.15 Å². The van der Waals surface area contributed by atoms with E-state index in [4.69, 9.17) is 9.15 Å². The van der Waals surface area contributed by atoms with Crippen LogP contribution >= 0.6 is 0 Å². The third kappa shape index (κ3) is 2.63. The quantitative estimate of drug-likeness (QED) is 0.666. The number of hydrogen-bond acceptors (Lipinski definition) is 6. The molecule has 1 amide bonds. The Morgan fingerprint density at radius 2 is 2.08 bits per heavy atom. The minimum Gasteiger partial charge on any atom is -0.467 e. The monoisotopic (exact) mass is 354 g/mol. The number of carbonyl (C=O) groups is 2. The molecule has 0 fully saturated rings. The highest BCUT2D eigenvalue weighted by Gasteiger charge is 2.39. The second-order valence-corrected chi connectivity index (χ2v) is 7.14. The molecule has 134 valence electrons. The van der Waals surface area contributed by atoms with Crippen molar-refractivity contribution in [3.63, 3.8) is 0 Å². The first-order valence-corrected chi connectivity index (χ1v) is 8.29. The summed E-state index contributed by atoms with van der Waals surface area (Å²) in [4.78, 5) is 27.2. The predicted octanol–water partition coefficient (Wildman–Crippen LogP) is 3.23. The van der Waals surface area contributed by atoms with E-state index < -0.39 is 17.7 Å². The second kappa shape index (κ2) is 5.69. The summed E-state index contributed by atoms with van der Waals surface area (Å²) in [5.74, 6) is 0.354. The van der Waals surface area contributed by atoms with E-state index in [-0.39, 0.29) is 12.2 Å². The largest absolute Gasteiger partial charge is 0.467 e. The van der Waals surface area contributed by atoms with E-state index in [0.29, 0.717) is 22.4 Å². The van der Waals surface area contributed by atoms with Crippen molar-refractivity contribution >= 4 is 22.9 Å². The smallest absolute Gasteiger partial charge is 0.431 e. The molecule has 1 unspecified atom stereocenters. The van der Waals surface area contributed by atoms with Crippen molar-refractivity contribution in [2.75, 3.05) is 5.01 Å². The third-order valence-electron chi connectivity index (χ3n) is 4.08. The molecule has 0 aliphatic carbocycles. The zero-order valence-corrected chi connectivity index (χ0v) is 14.7. The molecule has 3 heterocycles. The van der Waals surface area contributed by atoms with E-state index >= 15 is 0 Å². The number of benzene rings is 1. The summed E-state index contributed by atoms with van der Waals surface area (Å²) in [6.07, 6.45) is 0.923. The van der Waals surface area contributed by atoms with E-state index in [0.717, 1.165) is 0 Å². The van der Waals surface area contributed by atoms with Crippen LogP contribution in [-0.4, -0.2) is 32.6 Å². The highest BCUT2D eigenvalue weighted by Crippen LogP contribution is 2.33. The Morgan fingerprint density at radius 3 is 2.77 bits per heavy atom. The summed E-state index contributed by atoms with van der Waals surface area (Å²) in [6.45, 7) is 5.34. The van der Waals surface area contributed by atoms with Crippen LogP contribution in [0.1, 0.15) is 49.4 Å². The molecule has 1 aliphatic rings. The number of aromatic nitrogens is 3. The third-order valence-corrected chi connectivity index (χ3v) is 4.08. The lowest BCUT2D eigenvalue weighted by Gasteiger charge is -2.30. The lowest BCUT2D eigenvalue weighted by atomic mass is 10.0. The van der Waals surface area contributed by atoms with Crippen LogP contribution < -0.4 is 5.01 Å². The molecule has 3 aromatic rings. The van der Waals surface area contributed by atoms with Crippen molar-refractivity contribution in [2.24, 2.45) is 0 Å². The minimum atomic E-state index is -0.708. The lowest BCUT2D eigenvalue weighted by Crippen LogP contribution is -2.46. The van der Waals surface area contributed by atoms with E-state index in [9.17, 15) is 9.59 Å². The molecule has 4 rings (SSSR count). The number of para-hydroxylation sites is 1. The zero-order chi connectivity index (χ0) is 18.5. The summed E-state index contributed by atoms with van der Waals surface area (Å²) in [5.41, 5.74) is 0.775. The van der Waals surface area contributed by atoms with Gasteiger partial charge >= 0.3 is 6.09 Å². The van der Waals surface area contributed by atoms with Gasteiger partial charge in [-0.15, -0.1) is 9.89 Å². The standard InChI is InChI=1S/C18H18N4O4/c1-18(2,3)26-17(24)21-13(15-8-5-9-25-15)10-14(23)11-6-4-7-12-16(11)22(21)20-19-12/h4-9,13H,10H2,1-3H3. The maximum atomic E-state index is 13.0. The van der Waals surface area contributed by atoms with Crippen LogP contribution in [0.15, 0.2) is 41.0 Å². The fourth-order valence-electron chi connectivity index (χ4n) is 3.05.